The molecule has 0 radical (unpaired) electrons. The van der Waals surface area contributed by atoms with Gasteiger partial charge in [0.05, 0.1) is 11.4 Å². The van der Waals surface area contributed by atoms with Gasteiger partial charge in [-0.2, -0.15) is 0 Å². The predicted molar refractivity (Wildman–Crippen MR) is 236 cm³/mol. The number of aromatic nitrogens is 4. The molecule has 0 spiro atoms. The van der Waals surface area contributed by atoms with Crippen LogP contribution in [0, 0.1) is 0 Å². The first-order valence-electron chi connectivity index (χ1n) is 18.5. The zero-order valence-electron chi connectivity index (χ0n) is 29.9. The minimum atomic E-state index is 0.723. The molecule has 0 aliphatic heterocycles. The maximum absolute atomic E-state index is 5.25. The molecule has 6 heteroatoms. The van der Waals surface area contributed by atoms with Crippen LogP contribution in [0.4, 0.5) is 0 Å². The second-order valence-electron chi connectivity index (χ2n) is 13.8. The lowest BCUT2D eigenvalue weighted by atomic mass is 9.96. The van der Waals surface area contributed by atoms with Crippen molar-refractivity contribution < 1.29 is 0 Å². The summed E-state index contributed by atoms with van der Waals surface area (Å²) in [6.07, 6.45) is 0. The smallest absolute Gasteiger partial charge is 0.161 e. The molecule has 0 aliphatic rings. The normalized spacial score (nSPS) is 11.6. The molecule has 0 saturated carbocycles. The van der Waals surface area contributed by atoms with E-state index in [1.807, 2.05) is 24.3 Å². The van der Waals surface area contributed by atoms with Crippen LogP contribution in [0.15, 0.2) is 182 Å². The highest BCUT2D eigenvalue weighted by molar-refractivity contribution is 7.26. The number of thiophene rings is 2. The van der Waals surface area contributed by atoms with Crippen molar-refractivity contribution in [3.63, 3.8) is 0 Å². The Morgan fingerprint density at radius 2 is 0.661 bits per heavy atom. The van der Waals surface area contributed by atoms with Crippen LogP contribution in [0.5, 0.6) is 0 Å². The topological polar surface area (TPSA) is 51.6 Å². The molecule has 262 valence electrons. The lowest BCUT2D eigenvalue weighted by molar-refractivity contribution is 1.24. The van der Waals surface area contributed by atoms with Gasteiger partial charge in [-0.1, -0.05) is 152 Å². The molecular formula is C50H30N4S2. The molecule has 0 aliphatic carbocycles. The minimum absolute atomic E-state index is 0.723. The van der Waals surface area contributed by atoms with Gasteiger partial charge in [0.25, 0.3) is 0 Å². The Morgan fingerprint density at radius 1 is 0.286 bits per heavy atom. The standard InChI is InChI=1S/C50H30N4S2/c1-3-14-31(15-4-1)45-43-39-24-7-9-26-41(39)55-49(43)54-48(51-45)38-23-13-21-36(30-38)34-19-11-18-33(28-34)35-20-12-22-37(29-35)46-44-40-25-8-10-27-42(40)56-50(44)53-47(52-46)32-16-5-2-6-17-32/h1-30H. The van der Waals surface area contributed by atoms with Crippen molar-refractivity contribution in [2.45, 2.75) is 0 Å². The highest BCUT2D eigenvalue weighted by Crippen LogP contribution is 2.42. The van der Waals surface area contributed by atoms with E-state index in [9.17, 15) is 0 Å². The van der Waals surface area contributed by atoms with Crippen LogP contribution >= 0.6 is 22.7 Å². The summed E-state index contributed by atoms with van der Waals surface area (Å²) in [4.78, 5) is 22.7. The van der Waals surface area contributed by atoms with Crippen molar-refractivity contribution in [2.24, 2.45) is 0 Å². The maximum Gasteiger partial charge on any atom is 0.161 e. The highest BCUT2D eigenvalue weighted by Gasteiger charge is 2.19. The molecular weight excluding hydrogens is 721 g/mol. The SMILES string of the molecule is c1ccc(-c2nc(-c3cccc(-c4cccc(-c5cccc(-c6nc(-c7ccccc7)c7c(n6)sc6ccccc67)c5)c4)c3)c3c(n2)sc2ccccc23)cc1. The molecule has 0 atom stereocenters. The molecule has 7 aromatic carbocycles. The van der Waals surface area contributed by atoms with Gasteiger partial charge in [0.2, 0.25) is 0 Å². The zero-order valence-corrected chi connectivity index (χ0v) is 31.6. The van der Waals surface area contributed by atoms with E-state index in [0.29, 0.717) is 0 Å². The monoisotopic (exact) mass is 750 g/mol. The highest BCUT2D eigenvalue weighted by atomic mass is 32.1. The van der Waals surface area contributed by atoms with Crippen molar-refractivity contribution >= 4 is 63.3 Å². The van der Waals surface area contributed by atoms with Gasteiger partial charge in [-0.15, -0.1) is 22.7 Å². The number of nitrogens with zero attached hydrogens (tertiary/aromatic N) is 4. The van der Waals surface area contributed by atoms with Crippen LogP contribution in [0.2, 0.25) is 0 Å². The van der Waals surface area contributed by atoms with Crippen molar-refractivity contribution in [3.8, 4) is 67.5 Å². The molecule has 0 unspecified atom stereocenters. The molecule has 0 fully saturated rings. The van der Waals surface area contributed by atoms with E-state index in [0.717, 1.165) is 88.0 Å². The lowest BCUT2D eigenvalue weighted by Crippen LogP contribution is -1.94. The number of hydrogen-bond acceptors (Lipinski definition) is 6. The average molecular weight is 751 g/mol. The van der Waals surface area contributed by atoms with E-state index in [2.05, 4.69) is 158 Å². The Balaban J connectivity index is 1.00. The molecule has 11 aromatic rings. The largest absolute Gasteiger partial charge is 0.227 e. The summed E-state index contributed by atoms with van der Waals surface area (Å²) in [6.45, 7) is 0. The van der Waals surface area contributed by atoms with E-state index in [1.54, 1.807) is 22.7 Å². The van der Waals surface area contributed by atoms with Gasteiger partial charge in [-0.05, 0) is 52.6 Å². The Hall–Kier alpha value is -6.86. The van der Waals surface area contributed by atoms with Crippen LogP contribution in [0.3, 0.4) is 0 Å². The Bertz CT molecular complexity index is 3260. The average Bonchev–Trinajstić information content (AvgIpc) is 3.85. The lowest BCUT2D eigenvalue weighted by Gasteiger charge is -2.11. The molecule has 11 rings (SSSR count). The van der Waals surface area contributed by atoms with Crippen LogP contribution < -0.4 is 0 Å². The summed E-state index contributed by atoms with van der Waals surface area (Å²) in [7, 11) is 0. The first-order valence-corrected chi connectivity index (χ1v) is 20.2. The molecule has 4 aromatic heterocycles. The summed E-state index contributed by atoms with van der Waals surface area (Å²) in [5.41, 5.74) is 10.5. The van der Waals surface area contributed by atoms with Gasteiger partial charge in [-0.3, -0.25) is 0 Å². The number of fused-ring (bicyclic) bond motifs is 6. The van der Waals surface area contributed by atoms with Crippen LogP contribution in [-0.4, -0.2) is 19.9 Å². The zero-order chi connectivity index (χ0) is 37.0. The van der Waals surface area contributed by atoms with E-state index in [1.165, 1.54) is 20.2 Å². The van der Waals surface area contributed by atoms with Gasteiger partial charge in [0.1, 0.15) is 9.66 Å². The van der Waals surface area contributed by atoms with Crippen LogP contribution in [0.1, 0.15) is 0 Å². The molecule has 0 saturated heterocycles. The quantitative estimate of drug-likeness (QED) is 0.170. The predicted octanol–water partition coefficient (Wildman–Crippen LogP) is 14.0. The summed E-state index contributed by atoms with van der Waals surface area (Å²) >= 11 is 3.44. The number of hydrogen-bond donors (Lipinski definition) is 0. The maximum atomic E-state index is 5.25. The minimum Gasteiger partial charge on any atom is -0.227 e. The Kier molecular flexibility index (Phi) is 7.83. The molecule has 0 N–H and O–H groups in total. The van der Waals surface area contributed by atoms with E-state index in [-0.39, 0.29) is 0 Å². The number of rotatable bonds is 6. The van der Waals surface area contributed by atoms with Crippen molar-refractivity contribution in [3.05, 3.63) is 182 Å². The molecule has 4 nitrogen and oxygen atoms in total. The second kappa shape index (κ2) is 13.5. The second-order valence-corrected chi connectivity index (χ2v) is 15.9. The van der Waals surface area contributed by atoms with E-state index >= 15 is 0 Å². The van der Waals surface area contributed by atoms with E-state index in [4.69, 9.17) is 19.9 Å². The molecule has 56 heavy (non-hydrogen) atoms. The Labute approximate surface area is 331 Å². The van der Waals surface area contributed by atoms with Gasteiger partial charge in [0.15, 0.2) is 11.6 Å². The molecule has 4 heterocycles. The van der Waals surface area contributed by atoms with Gasteiger partial charge >= 0.3 is 0 Å². The fourth-order valence-electron chi connectivity index (χ4n) is 7.67. The van der Waals surface area contributed by atoms with Crippen molar-refractivity contribution in [1.82, 2.24) is 19.9 Å². The van der Waals surface area contributed by atoms with Gasteiger partial charge < -0.3 is 0 Å². The van der Waals surface area contributed by atoms with Gasteiger partial charge in [0, 0.05) is 53.2 Å². The van der Waals surface area contributed by atoms with Gasteiger partial charge in [-0.25, -0.2) is 19.9 Å². The third kappa shape index (κ3) is 5.66. The molecule has 0 bridgehead atoms. The first-order chi connectivity index (χ1) is 27.7. The van der Waals surface area contributed by atoms with Crippen LogP contribution in [0.25, 0.3) is 108 Å². The fraction of sp³-hybridized carbons (Fsp3) is 0. The summed E-state index contributed by atoms with van der Waals surface area (Å²) in [5.74, 6) is 1.46. The first kappa shape index (κ1) is 32.6. The summed E-state index contributed by atoms with van der Waals surface area (Å²) in [6, 6.07) is 63.9. The van der Waals surface area contributed by atoms with Crippen molar-refractivity contribution in [1.29, 1.82) is 0 Å². The van der Waals surface area contributed by atoms with E-state index < -0.39 is 0 Å². The van der Waals surface area contributed by atoms with Crippen LogP contribution in [-0.2, 0) is 0 Å². The third-order valence-corrected chi connectivity index (χ3v) is 12.5. The summed E-state index contributed by atoms with van der Waals surface area (Å²) < 4.78 is 2.42. The third-order valence-electron chi connectivity index (χ3n) is 10.3. The molecule has 0 amide bonds. The summed E-state index contributed by atoms with van der Waals surface area (Å²) in [5, 5.41) is 4.58. The fourth-order valence-corrected chi connectivity index (χ4v) is 9.82. The Morgan fingerprint density at radius 3 is 1.21 bits per heavy atom. The van der Waals surface area contributed by atoms with Crippen molar-refractivity contribution in [2.75, 3.05) is 0 Å². The number of benzene rings is 7.